The van der Waals surface area contributed by atoms with Crippen LogP contribution in [0.25, 0.3) is 86.6 Å². The maximum Gasteiger partial charge on any atom is 0.333 e. The van der Waals surface area contributed by atoms with E-state index in [1.54, 1.807) is 22.7 Å². The van der Waals surface area contributed by atoms with Crippen molar-refractivity contribution in [3.05, 3.63) is 145 Å². The van der Waals surface area contributed by atoms with Crippen LogP contribution in [0.2, 0.25) is 0 Å². The lowest BCUT2D eigenvalue weighted by molar-refractivity contribution is -0.697. The number of imide groups is 1. The number of amides is 2. The summed E-state index contributed by atoms with van der Waals surface area (Å²) >= 11 is 3.37. The number of pyridine rings is 2. The molecule has 0 N–H and O–H groups in total. The molecule has 0 bridgehead atoms. The number of aryl methyl sites for hydroxylation is 1. The van der Waals surface area contributed by atoms with Gasteiger partial charge in [-0.05, 0) is 91.7 Å². The summed E-state index contributed by atoms with van der Waals surface area (Å²) in [5, 5.41) is 14.3. The third-order valence-electron chi connectivity index (χ3n) is 11.1. The summed E-state index contributed by atoms with van der Waals surface area (Å²) in [4.78, 5) is 50.2. The van der Waals surface area contributed by atoms with Crippen molar-refractivity contribution in [1.29, 1.82) is 0 Å². The molecule has 9 aromatic rings. The Morgan fingerprint density at radius 3 is 1.95 bits per heavy atom. The molecule has 12 heteroatoms. The van der Waals surface area contributed by atoms with E-state index in [9.17, 15) is 14.4 Å². The molecule has 1 aliphatic heterocycles. The Morgan fingerprint density at radius 2 is 1.26 bits per heavy atom. The number of carbonyl (C=O) groups is 3. The van der Waals surface area contributed by atoms with Crippen molar-refractivity contribution < 1.29 is 28.4 Å². The van der Waals surface area contributed by atoms with Crippen LogP contribution in [0.5, 0.6) is 0 Å². The molecule has 0 aliphatic carbocycles. The average molecular weight is 853 g/mol. The SMILES string of the molecule is O=C(CCCCC[n+]1ccc(C=Cc2nc(-c3ccc(-c4cccc5ccccc45)s3)c3nonc3c2-c2ccc(-c3cccc4ccccc34)s2)cc1)ON1C(=O)CCC1=O. The molecule has 5 aromatic heterocycles. The number of aromatic nitrogens is 4. The van der Waals surface area contributed by atoms with Crippen molar-refractivity contribution in [3.63, 3.8) is 0 Å². The van der Waals surface area contributed by atoms with Crippen LogP contribution in [0.1, 0.15) is 49.8 Å². The summed E-state index contributed by atoms with van der Waals surface area (Å²) < 4.78 is 7.61. The van der Waals surface area contributed by atoms with E-state index in [2.05, 4.69) is 142 Å². The summed E-state index contributed by atoms with van der Waals surface area (Å²) in [6.07, 6.45) is 10.7. The number of fused-ring (bicyclic) bond motifs is 3. The van der Waals surface area contributed by atoms with Gasteiger partial charge in [0.2, 0.25) is 0 Å². The van der Waals surface area contributed by atoms with Crippen LogP contribution in [-0.4, -0.2) is 38.1 Å². The first-order valence-electron chi connectivity index (χ1n) is 20.5. The number of carbonyl (C=O) groups excluding carboxylic acids is 3. The van der Waals surface area contributed by atoms with Gasteiger partial charge in [-0.1, -0.05) is 91.0 Å². The first kappa shape index (κ1) is 39.0. The predicted octanol–water partition coefficient (Wildman–Crippen LogP) is 11.3. The zero-order valence-electron chi connectivity index (χ0n) is 33.4. The monoisotopic (exact) mass is 852 g/mol. The molecule has 0 saturated carbocycles. The normalized spacial score (nSPS) is 13.1. The molecule has 10 nitrogen and oxygen atoms in total. The van der Waals surface area contributed by atoms with Crippen LogP contribution in [0.3, 0.4) is 0 Å². The molecule has 0 radical (unpaired) electrons. The summed E-state index contributed by atoms with van der Waals surface area (Å²) in [7, 11) is 0. The van der Waals surface area contributed by atoms with Gasteiger partial charge in [0.25, 0.3) is 11.8 Å². The van der Waals surface area contributed by atoms with Crippen LogP contribution in [0, 0.1) is 0 Å². The maximum absolute atomic E-state index is 12.2. The molecule has 304 valence electrons. The highest BCUT2D eigenvalue weighted by Gasteiger charge is 2.32. The zero-order valence-corrected chi connectivity index (χ0v) is 35.0. The van der Waals surface area contributed by atoms with Crippen molar-refractivity contribution in [1.82, 2.24) is 20.4 Å². The molecule has 62 heavy (non-hydrogen) atoms. The average Bonchev–Trinajstić information content (AvgIpc) is 4.15. The van der Waals surface area contributed by atoms with Crippen LogP contribution < -0.4 is 4.57 Å². The Labute approximate surface area is 364 Å². The third kappa shape index (κ3) is 7.81. The van der Waals surface area contributed by atoms with E-state index < -0.39 is 17.8 Å². The maximum atomic E-state index is 12.2. The molecule has 0 atom stereocenters. The van der Waals surface area contributed by atoms with Gasteiger partial charge < -0.3 is 4.84 Å². The molecule has 4 aromatic carbocycles. The van der Waals surface area contributed by atoms with Crippen molar-refractivity contribution in [3.8, 4) is 41.9 Å². The lowest BCUT2D eigenvalue weighted by Gasteiger charge is -2.12. The molecule has 0 unspecified atom stereocenters. The fourth-order valence-electron chi connectivity index (χ4n) is 7.95. The Balaban J connectivity index is 0.932. The Kier molecular flexibility index (Phi) is 10.7. The zero-order chi connectivity index (χ0) is 42.0. The number of hydrogen-bond acceptors (Lipinski definition) is 10. The second kappa shape index (κ2) is 17.1. The Hall–Kier alpha value is -7.15. The lowest BCUT2D eigenvalue weighted by Crippen LogP contribution is -2.32. The van der Waals surface area contributed by atoms with Gasteiger partial charge in [-0.25, -0.2) is 19.0 Å². The molecule has 1 saturated heterocycles. The van der Waals surface area contributed by atoms with Crippen molar-refractivity contribution >= 4 is 85.2 Å². The first-order valence-corrected chi connectivity index (χ1v) is 22.2. The third-order valence-corrected chi connectivity index (χ3v) is 13.3. The van der Waals surface area contributed by atoms with Gasteiger partial charge in [-0.3, -0.25) is 9.59 Å². The van der Waals surface area contributed by atoms with E-state index in [-0.39, 0.29) is 19.3 Å². The standard InChI is InChI=1S/C50H38N5O5S2/c56-44-25-26-45(57)55(44)59-46(58)18-2-1-7-29-54-30-27-32(28-31-54)19-20-39-47(42-23-21-40(61-42)37-16-8-12-33-10-3-5-14-35(33)37)49-50(53-60-52-49)48(51-39)43-24-22-41(62-43)38-17-9-13-34-11-4-6-15-36(34)38/h3-6,8-17,19-24,27-28,30-31H,1-2,7,18,25-26,29H2/q+1. The van der Waals surface area contributed by atoms with Gasteiger partial charge in [-0.15, -0.1) is 27.7 Å². The minimum absolute atomic E-state index is 0.0834. The fraction of sp³-hybridized carbons (Fsp3) is 0.140. The topological polar surface area (TPSA) is 119 Å². The van der Waals surface area contributed by atoms with Crippen LogP contribution in [0.15, 0.2) is 138 Å². The van der Waals surface area contributed by atoms with Crippen molar-refractivity contribution in [2.75, 3.05) is 0 Å². The highest BCUT2D eigenvalue weighted by Crippen LogP contribution is 2.44. The van der Waals surface area contributed by atoms with Crippen molar-refractivity contribution in [2.24, 2.45) is 0 Å². The van der Waals surface area contributed by atoms with E-state index in [1.165, 1.54) is 32.7 Å². The van der Waals surface area contributed by atoms with E-state index >= 15 is 0 Å². The molecular formula is C50H38N5O5S2+. The Bertz CT molecular complexity index is 3160. The minimum atomic E-state index is -0.563. The number of nitrogens with zero attached hydrogens (tertiary/aromatic N) is 5. The van der Waals surface area contributed by atoms with Crippen LogP contribution >= 0.6 is 22.7 Å². The van der Waals surface area contributed by atoms with Gasteiger partial charge in [0.1, 0.15) is 17.8 Å². The number of hydroxylamine groups is 2. The van der Waals surface area contributed by atoms with Crippen LogP contribution in [0.4, 0.5) is 0 Å². The van der Waals surface area contributed by atoms with E-state index in [1.807, 2.05) is 18.5 Å². The predicted molar refractivity (Wildman–Crippen MR) is 243 cm³/mol. The number of hydrogen-bond donors (Lipinski definition) is 0. The highest BCUT2D eigenvalue weighted by molar-refractivity contribution is 7.19. The van der Waals surface area contributed by atoms with Crippen LogP contribution in [-0.2, 0) is 25.8 Å². The Morgan fingerprint density at radius 1 is 0.661 bits per heavy atom. The van der Waals surface area contributed by atoms with Gasteiger partial charge in [-0.2, -0.15) is 0 Å². The van der Waals surface area contributed by atoms with E-state index in [4.69, 9.17) is 14.5 Å². The number of unbranched alkanes of at least 4 members (excludes halogenated alkanes) is 2. The largest absolute Gasteiger partial charge is 0.333 e. The number of rotatable bonds is 13. The molecule has 1 aliphatic rings. The molecule has 2 amide bonds. The summed E-state index contributed by atoms with van der Waals surface area (Å²) in [5.41, 5.74) is 6.92. The van der Waals surface area contributed by atoms with Gasteiger partial charge in [0.15, 0.2) is 17.9 Å². The molecule has 0 spiro atoms. The molecular weight excluding hydrogens is 815 g/mol. The van der Waals surface area contributed by atoms with Crippen molar-refractivity contribution in [2.45, 2.75) is 45.1 Å². The molecule has 6 heterocycles. The lowest BCUT2D eigenvalue weighted by atomic mass is 10.0. The number of benzene rings is 4. The summed E-state index contributed by atoms with van der Waals surface area (Å²) in [6.45, 7) is 0.770. The molecule has 10 rings (SSSR count). The second-order valence-electron chi connectivity index (χ2n) is 15.1. The second-order valence-corrected chi connectivity index (χ2v) is 17.3. The fourth-order valence-corrected chi connectivity index (χ4v) is 10.1. The smallest absolute Gasteiger partial charge is 0.330 e. The summed E-state index contributed by atoms with van der Waals surface area (Å²) in [6, 6.07) is 42.4. The van der Waals surface area contributed by atoms with Gasteiger partial charge >= 0.3 is 5.97 Å². The van der Waals surface area contributed by atoms with Gasteiger partial charge in [0.05, 0.1) is 10.6 Å². The van der Waals surface area contributed by atoms with E-state index in [0.29, 0.717) is 28.2 Å². The molecule has 1 fully saturated rings. The summed E-state index contributed by atoms with van der Waals surface area (Å²) in [5.74, 6) is -1.50. The first-order chi connectivity index (χ1) is 30.5. The van der Waals surface area contributed by atoms with Gasteiger partial charge in [0, 0.05) is 58.0 Å². The minimum Gasteiger partial charge on any atom is -0.330 e. The number of thiophene rings is 2. The van der Waals surface area contributed by atoms with E-state index in [0.717, 1.165) is 55.7 Å². The highest BCUT2D eigenvalue weighted by atomic mass is 32.1. The quantitative estimate of drug-likeness (QED) is 0.0639.